The first-order valence-corrected chi connectivity index (χ1v) is 7.76. The first kappa shape index (κ1) is 16.7. The number of hydrogen-bond acceptors (Lipinski definition) is 4. The molecule has 1 aromatic heterocycles. The highest BCUT2D eigenvalue weighted by molar-refractivity contribution is 5.95. The largest absolute Gasteiger partial charge is 0.385 e. The van der Waals surface area contributed by atoms with E-state index in [-0.39, 0.29) is 11.5 Å². The van der Waals surface area contributed by atoms with Gasteiger partial charge < -0.3 is 19.5 Å². The predicted octanol–water partition coefficient (Wildman–Crippen LogP) is 0.547. The van der Waals surface area contributed by atoms with Gasteiger partial charge in [-0.05, 0) is 31.9 Å². The smallest absolute Gasteiger partial charge is 0.263 e. The Balaban J connectivity index is 2.31. The summed E-state index contributed by atoms with van der Waals surface area (Å²) in [6.45, 7) is 7.76. The Hall–Kier alpha value is -1.66. The van der Waals surface area contributed by atoms with Crippen LogP contribution in [0.5, 0.6) is 0 Å². The maximum Gasteiger partial charge on any atom is 0.263 e. The number of nitrogens with one attached hydrogen (secondary N) is 1. The number of aromatic nitrogens is 1. The zero-order chi connectivity index (χ0) is 16.1. The summed E-state index contributed by atoms with van der Waals surface area (Å²) in [6.07, 6.45) is 0.752. The molecule has 6 heteroatoms. The van der Waals surface area contributed by atoms with Gasteiger partial charge in [-0.2, -0.15) is 0 Å². The van der Waals surface area contributed by atoms with Gasteiger partial charge in [-0.25, -0.2) is 0 Å². The lowest BCUT2D eigenvalue weighted by Crippen LogP contribution is -2.48. The fourth-order valence-electron chi connectivity index (χ4n) is 2.86. The van der Waals surface area contributed by atoms with Crippen molar-refractivity contribution >= 4 is 5.91 Å². The number of nitrogens with zero attached hydrogens (tertiary/aromatic N) is 2. The number of piperazine rings is 1. The summed E-state index contributed by atoms with van der Waals surface area (Å²) in [7, 11) is 1.64. The minimum absolute atomic E-state index is 0.149. The van der Waals surface area contributed by atoms with Crippen molar-refractivity contribution < 1.29 is 9.53 Å². The van der Waals surface area contributed by atoms with Crippen molar-refractivity contribution in [1.82, 2.24) is 14.8 Å². The Bertz CT molecular complexity index is 589. The van der Waals surface area contributed by atoms with Crippen molar-refractivity contribution in [1.29, 1.82) is 0 Å². The van der Waals surface area contributed by atoms with Crippen molar-refractivity contribution in [2.45, 2.75) is 26.8 Å². The Morgan fingerprint density at radius 3 is 2.64 bits per heavy atom. The Morgan fingerprint density at radius 2 is 2.00 bits per heavy atom. The third-order valence-corrected chi connectivity index (χ3v) is 4.05. The second-order valence-electron chi connectivity index (χ2n) is 5.69. The van der Waals surface area contributed by atoms with E-state index in [9.17, 15) is 9.59 Å². The fourth-order valence-corrected chi connectivity index (χ4v) is 2.86. The molecule has 1 aliphatic heterocycles. The van der Waals surface area contributed by atoms with Gasteiger partial charge in [-0.1, -0.05) is 0 Å². The van der Waals surface area contributed by atoms with Gasteiger partial charge in [0.1, 0.15) is 5.56 Å². The maximum absolute atomic E-state index is 12.7. The van der Waals surface area contributed by atoms with E-state index < -0.39 is 0 Å². The Morgan fingerprint density at radius 1 is 1.32 bits per heavy atom. The summed E-state index contributed by atoms with van der Waals surface area (Å²) in [6, 6.07) is 1.92. The monoisotopic (exact) mass is 307 g/mol. The third-order valence-electron chi connectivity index (χ3n) is 4.05. The molecule has 1 amide bonds. The third kappa shape index (κ3) is 3.56. The van der Waals surface area contributed by atoms with Gasteiger partial charge in [0.15, 0.2) is 0 Å². The maximum atomic E-state index is 12.7. The van der Waals surface area contributed by atoms with E-state index in [1.165, 1.54) is 0 Å². The molecule has 1 saturated heterocycles. The first-order chi connectivity index (χ1) is 10.6. The molecule has 0 spiro atoms. The van der Waals surface area contributed by atoms with Gasteiger partial charge in [0.2, 0.25) is 0 Å². The summed E-state index contributed by atoms with van der Waals surface area (Å²) in [5.41, 5.74) is 1.77. The molecule has 0 aliphatic carbocycles. The predicted molar refractivity (Wildman–Crippen MR) is 85.4 cm³/mol. The molecular weight excluding hydrogens is 282 g/mol. The quantitative estimate of drug-likeness (QED) is 0.807. The number of pyridine rings is 1. The van der Waals surface area contributed by atoms with E-state index in [1.54, 1.807) is 16.6 Å². The molecule has 1 N–H and O–H groups in total. The number of rotatable bonds is 5. The first-order valence-electron chi connectivity index (χ1n) is 7.76. The van der Waals surface area contributed by atoms with Crippen LogP contribution in [0.1, 0.15) is 28.0 Å². The van der Waals surface area contributed by atoms with E-state index in [0.29, 0.717) is 31.8 Å². The van der Waals surface area contributed by atoms with Crippen LogP contribution in [0.3, 0.4) is 0 Å². The SMILES string of the molecule is COCCCn1c(C)cc(C)c(C(=O)N2CCNCC2)c1=O. The van der Waals surface area contributed by atoms with Crippen LogP contribution in [0.2, 0.25) is 0 Å². The molecule has 0 saturated carbocycles. The highest BCUT2D eigenvalue weighted by Gasteiger charge is 2.23. The van der Waals surface area contributed by atoms with Gasteiger partial charge in [-0.3, -0.25) is 9.59 Å². The molecule has 1 fully saturated rings. The summed E-state index contributed by atoms with van der Waals surface area (Å²) in [5, 5.41) is 3.21. The van der Waals surface area contributed by atoms with Crippen molar-refractivity contribution in [3.8, 4) is 0 Å². The normalized spacial score (nSPS) is 15.1. The van der Waals surface area contributed by atoms with E-state index in [0.717, 1.165) is 30.8 Å². The second kappa shape index (κ2) is 7.56. The molecule has 0 unspecified atom stereocenters. The lowest BCUT2D eigenvalue weighted by Gasteiger charge is -2.28. The van der Waals surface area contributed by atoms with Gasteiger partial charge in [0.25, 0.3) is 11.5 Å². The molecule has 122 valence electrons. The van der Waals surface area contributed by atoms with E-state index in [1.807, 2.05) is 19.9 Å². The highest BCUT2D eigenvalue weighted by atomic mass is 16.5. The number of carbonyl (C=O) groups is 1. The van der Waals surface area contributed by atoms with Crippen LogP contribution in [0.25, 0.3) is 0 Å². The zero-order valence-corrected chi connectivity index (χ0v) is 13.6. The van der Waals surface area contributed by atoms with Crippen molar-refractivity contribution in [3.63, 3.8) is 0 Å². The van der Waals surface area contributed by atoms with Crippen LogP contribution >= 0.6 is 0 Å². The molecule has 1 aliphatic rings. The molecular formula is C16H25N3O3. The molecule has 0 bridgehead atoms. The van der Waals surface area contributed by atoms with E-state index in [2.05, 4.69) is 5.32 Å². The average Bonchev–Trinajstić information content (AvgIpc) is 2.51. The molecule has 6 nitrogen and oxygen atoms in total. The summed E-state index contributed by atoms with van der Waals surface area (Å²) < 4.78 is 6.72. The molecule has 0 atom stereocenters. The lowest BCUT2D eigenvalue weighted by atomic mass is 10.1. The number of hydrogen-bond donors (Lipinski definition) is 1. The van der Waals surface area contributed by atoms with Crippen LogP contribution in [0, 0.1) is 13.8 Å². The number of ether oxygens (including phenoxy) is 1. The van der Waals surface area contributed by atoms with Crippen molar-refractivity contribution in [3.05, 3.63) is 33.2 Å². The fraction of sp³-hybridized carbons (Fsp3) is 0.625. The summed E-state index contributed by atoms with van der Waals surface area (Å²) in [4.78, 5) is 27.2. The van der Waals surface area contributed by atoms with Crippen LogP contribution in [-0.2, 0) is 11.3 Å². The van der Waals surface area contributed by atoms with E-state index >= 15 is 0 Å². The second-order valence-corrected chi connectivity index (χ2v) is 5.69. The molecule has 0 radical (unpaired) electrons. The van der Waals surface area contributed by atoms with Crippen LogP contribution in [0.15, 0.2) is 10.9 Å². The number of amides is 1. The standard InChI is InChI=1S/C16H25N3O3/c1-12-11-13(2)19(7-4-10-22-3)16(21)14(12)15(20)18-8-5-17-6-9-18/h11,17H,4-10H2,1-3H3. The minimum atomic E-state index is -0.183. The summed E-state index contributed by atoms with van der Waals surface area (Å²) >= 11 is 0. The van der Waals surface area contributed by atoms with Gasteiger partial charge in [-0.15, -0.1) is 0 Å². The van der Waals surface area contributed by atoms with Gasteiger partial charge >= 0.3 is 0 Å². The highest BCUT2D eigenvalue weighted by Crippen LogP contribution is 2.10. The molecule has 1 aromatic rings. The summed E-state index contributed by atoms with van der Waals surface area (Å²) in [5.74, 6) is -0.149. The van der Waals surface area contributed by atoms with Crippen LogP contribution in [-0.4, -0.2) is 55.3 Å². The Kier molecular flexibility index (Phi) is 5.74. The Labute approximate surface area is 131 Å². The van der Waals surface area contributed by atoms with E-state index in [4.69, 9.17) is 4.74 Å². The average molecular weight is 307 g/mol. The van der Waals surface area contributed by atoms with Crippen LogP contribution in [0.4, 0.5) is 0 Å². The zero-order valence-electron chi connectivity index (χ0n) is 13.6. The molecule has 2 rings (SSSR count). The minimum Gasteiger partial charge on any atom is -0.385 e. The van der Waals surface area contributed by atoms with Gasteiger partial charge in [0, 0.05) is 52.1 Å². The van der Waals surface area contributed by atoms with Gasteiger partial charge in [0.05, 0.1) is 0 Å². The number of aryl methyl sites for hydroxylation is 2. The van der Waals surface area contributed by atoms with Crippen LogP contribution < -0.4 is 10.9 Å². The number of carbonyl (C=O) groups excluding carboxylic acids is 1. The molecule has 22 heavy (non-hydrogen) atoms. The lowest BCUT2D eigenvalue weighted by molar-refractivity contribution is 0.0732. The topological polar surface area (TPSA) is 63.6 Å². The molecule has 2 heterocycles. The van der Waals surface area contributed by atoms with Crippen molar-refractivity contribution in [2.75, 3.05) is 39.9 Å². The molecule has 0 aromatic carbocycles. The number of methoxy groups -OCH3 is 1. The van der Waals surface area contributed by atoms with Crippen molar-refractivity contribution in [2.24, 2.45) is 0 Å².